The molecule has 0 fully saturated rings. The standard InChI is InChI=1S/C14H20N6S/c1-19(2)12-9-7-11(8-10-12)15-14(21)6-4-5-13-16-17-18-20(13)3/h7-10H,4-6H2,1-3H3,(H,15,21). The molecule has 0 radical (unpaired) electrons. The average Bonchev–Trinajstić information content (AvgIpc) is 2.85. The van der Waals surface area contributed by atoms with Gasteiger partial charge in [-0.25, -0.2) is 4.68 Å². The lowest BCUT2D eigenvalue weighted by Gasteiger charge is -2.13. The molecule has 2 rings (SSSR count). The van der Waals surface area contributed by atoms with E-state index in [0.717, 1.165) is 35.8 Å². The molecule has 2 aromatic rings. The van der Waals surface area contributed by atoms with E-state index in [4.69, 9.17) is 12.2 Å². The summed E-state index contributed by atoms with van der Waals surface area (Å²) in [5, 5.41) is 14.6. The van der Waals surface area contributed by atoms with Crippen molar-refractivity contribution in [2.24, 2.45) is 7.05 Å². The van der Waals surface area contributed by atoms with Crippen LogP contribution < -0.4 is 10.2 Å². The molecule has 0 atom stereocenters. The highest BCUT2D eigenvalue weighted by Gasteiger charge is 2.04. The smallest absolute Gasteiger partial charge is 0.150 e. The van der Waals surface area contributed by atoms with E-state index >= 15 is 0 Å². The third-order valence-electron chi connectivity index (χ3n) is 3.18. The van der Waals surface area contributed by atoms with Crippen LogP contribution in [0.2, 0.25) is 0 Å². The Hall–Kier alpha value is -2.02. The first kappa shape index (κ1) is 15.4. The largest absolute Gasteiger partial charge is 0.378 e. The van der Waals surface area contributed by atoms with Gasteiger partial charge in [0.1, 0.15) is 0 Å². The zero-order chi connectivity index (χ0) is 15.2. The van der Waals surface area contributed by atoms with Crippen molar-refractivity contribution >= 4 is 28.6 Å². The van der Waals surface area contributed by atoms with Crippen LogP contribution in [0.25, 0.3) is 0 Å². The first-order chi connectivity index (χ1) is 10.1. The maximum atomic E-state index is 5.37. The maximum absolute atomic E-state index is 5.37. The van der Waals surface area contributed by atoms with Gasteiger partial charge in [-0.05, 0) is 47.5 Å². The third-order valence-corrected chi connectivity index (χ3v) is 3.49. The molecule has 1 aromatic carbocycles. The minimum atomic E-state index is 0.817. The van der Waals surface area contributed by atoms with Crippen LogP contribution in [0.1, 0.15) is 18.7 Å². The summed E-state index contributed by atoms with van der Waals surface area (Å²) in [5.74, 6) is 0.883. The van der Waals surface area contributed by atoms with Crippen molar-refractivity contribution in [2.75, 3.05) is 24.3 Å². The van der Waals surface area contributed by atoms with Gasteiger partial charge in [0.2, 0.25) is 0 Å². The number of hydrogen-bond acceptors (Lipinski definition) is 5. The number of aromatic nitrogens is 4. The summed E-state index contributed by atoms with van der Waals surface area (Å²) in [4.78, 5) is 2.90. The van der Waals surface area contributed by atoms with Crippen LogP contribution in [0, 0.1) is 0 Å². The molecule has 0 spiro atoms. The van der Waals surface area contributed by atoms with Gasteiger partial charge in [0.15, 0.2) is 5.82 Å². The minimum absolute atomic E-state index is 0.817. The number of anilines is 2. The fourth-order valence-electron chi connectivity index (χ4n) is 1.93. The fourth-order valence-corrected chi connectivity index (χ4v) is 2.20. The number of nitrogens with one attached hydrogen (secondary N) is 1. The number of benzene rings is 1. The predicted molar refractivity (Wildman–Crippen MR) is 88.7 cm³/mol. The number of rotatable bonds is 6. The zero-order valence-corrected chi connectivity index (χ0v) is 13.4. The van der Waals surface area contributed by atoms with Crippen LogP contribution in [0.3, 0.4) is 0 Å². The van der Waals surface area contributed by atoms with Gasteiger partial charge >= 0.3 is 0 Å². The van der Waals surface area contributed by atoms with Crippen LogP contribution in [0.4, 0.5) is 11.4 Å². The number of aryl methyl sites for hydroxylation is 2. The molecule has 0 amide bonds. The first-order valence-electron chi connectivity index (χ1n) is 6.85. The van der Waals surface area contributed by atoms with Gasteiger partial charge in [0.05, 0.1) is 4.99 Å². The lowest BCUT2D eigenvalue weighted by atomic mass is 10.2. The SMILES string of the molecule is CN(C)c1ccc(NC(=S)CCCc2nnnn2C)cc1. The molecule has 0 aliphatic rings. The molecule has 0 saturated heterocycles. The Morgan fingerprint density at radius 3 is 2.57 bits per heavy atom. The van der Waals surface area contributed by atoms with Crippen LogP contribution in [0.5, 0.6) is 0 Å². The zero-order valence-electron chi connectivity index (χ0n) is 12.6. The molecule has 112 valence electrons. The molecule has 7 heteroatoms. The summed E-state index contributed by atoms with van der Waals surface area (Å²) in [7, 11) is 5.89. The summed E-state index contributed by atoms with van der Waals surface area (Å²) < 4.78 is 1.69. The Morgan fingerprint density at radius 1 is 1.29 bits per heavy atom. The normalized spacial score (nSPS) is 10.4. The molecule has 0 saturated carbocycles. The third kappa shape index (κ3) is 4.49. The molecule has 0 bridgehead atoms. The van der Waals surface area contributed by atoms with Crippen molar-refractivity contribution in [3.63, 3.8) is 0 Å². The van der Waals surface area contributed by atoms with Gasteiger partial charge in [0.25, 0.3) is 0 Å². The second kappa shape index (κ2) is 7.12. The van der Waals surface area contributed by atoms with Crippen molar-refractivity contribution < 1.29 is 0 Å². The number of nitrogens with zero attached hydrogens (tertiary/aromatic N) is 5. The topological polar surface area (TPSA) is 58.9 Å². The Balaban J connectivity index is 1.78. The highest BCUT2D eigenvalue weighted by atomic mass is 32.1. The molecule has 0 aliphatic heterocycles. The molecule has 1 aromatic heterocycles. The van der Waals surface area contributed by atoms with E-state index in [2.05, 4.69) is 37.9 Å². The van der Waals surface area contributed by atoms with Gasteiger partial charge in [-0.3, -0.25) is 0 Å². The van der Waals surface area contributed by atoms with E-state index in [1.54, 1.807) is 4.68 Å². The minimum Gasteiger partial charge on any atom is -0.378 e. The maximum Gasteiger partial charge on any atom is 0.150 e. The molecule has 1 N–H and O–H groups in total. The molecule has 0 aliphatic carbocycles. The van der Waals surface area contributed by atoms with Gasteiger partial charge in [-0.15, -0.1) is 5.10 Å². The Morgan fingerprint density at radius 2 is 2.00 bits per heavy atom. The van der Waals surface area contributed by atoms with Gasteiger partial charge in [0, 0.05) is 38.9 Å². The Bertz CT molecular complexity index is 590. The summed E-state index contributed by atoms with van der Waals surface area (Å²) in [5.41, 5.74) is 2.19. The molecule has 1 heterocycles. The molecule has 21 heavy (non-hydrogen) atoms. The van der Waals surface area contributed by atoms with Gasteiger partial charge < -0.3 is 10.2 Å². The van der Waals surface area contributed by atoms with Gasteiger partial charge in [-0.1, -0.05) is 12.2 Å². The lowest BCUT2D eigenvalue weighted by Crippen LogP contribution is -2.11. The Kier molecular flexibility index (Phi) is 5.21. The van der Waals surface area contributed by atoms with Crippen LogP contribution >= 0.6 is 12.2 Å². The summed E-state index contributed by atoms with van der Waals surface area (Å²) >= 11 is 5.37. The molecule has 6 nitrogen and oxygen atoms in total. The number of thiocarbonyl (C=S) groups is 1. The highest BCUT2D eigenvalue weighted by molar-refractivity contribution is 7.80. The van der Waals surface area contributed by atoms with Crippen LogP contribution in [-0.4, -0.2) is 39.3 Å². The first-order valence-corrected chi connectivity index (χ1v) is 7.25. The van der Waals surface area contributed by atoms with E-state index in [1.165, 1.54) is 5.69 Å². The molecular formula is C14H20N6S. The summed E-state index contributed by atoms with van der Waals surface area (Å²) in [6, 6.07) is 8.20. The van der Waals surface area contributed by atoms with E-state index < -0.39 is 0 Å². The average molecular weight is 304 g/mol. The van der Waals surface area contributed by atoms with Crippen molar-refractivity contribution in [3.05, 3.63) is 30.1 Å². The second-order valence-corrected chi connectivity index (χ2v) is 5.55. The fraction of sp³-hybridized carbons (Fsp3) is 0.429. The summed E-state index contributed by atoms with van der Waals surface area (Å²) in [6.45, 7) is 0. The number of hydrogen-bond donors (Lipinski definition) is 1. The van der Waals surface area contributed by atoms with E-state index in [1.807, 2.05) is 33.3 Å². The molecular weight excluding hydrogens is 284 g/mol. The Labute approximate surface area is 130 Å². The van der Waals surface area contributed by atoms with E-state index in [-0.39, 0.29) is 0 Å². The quantitative estimate of drug-likeness (QED) is 0.824. The highest BCUT2D eigenvalue weighted by Crippen LogP contribution is 2.16. The van der Waals surface area contributed by atoms with Crippen molar-refractivity contribution in [3.8, 4) is 0 Å². The van der Waals surface area contributed by atoms with E-state index in [9.17, 15) is 0 Å². The van der Waals surface area contributed by atoms with E-state index in [0.29, 0.717) is 0 Å². The van der Waals surface area contributed by atoms with Crippen LogP contribution in [0.15, 0.2) is 24.3 Å². The predicted octanol–water partition coefficient (Wildman–Crippen LogP) is 2.04. The second-order valence-electron chi connectivity index (χ2n) is 5.06. The van der Waals surface area contributed by atoms with Crippen molar-refractivity contribution in [1.29, 1.82) is 0 Å². The van der Waals surface area contributed by atoms with Crippen molar-refractivity contribution in [1.82, 2.24) is 20.2 Å². The monoisotopic (exact) mass is 304 g/mol. The molecule has 0 unspecified atom stereocenters. The van der Waals surface area contributed by atoms with Gasteiger partial charge in [-0.2, -0.15) is 0 Å². The summed E-state index contributed by atoms with van der Waals surface area (Å²) in [6.07, 6.45) is 2.57. The van der Waals surface area contributed by atoms with Crippen LogP contribution in [-0.2, 0) is 13.5 Å². The lowest BCUT2D eigenvalue weighted by molar-refractivity contribution is 0.664. The van der Waals surface area contributed by atoms with Crippen molar-refractivity contribution in [2.45, 2.75) is 19.3 Å². The number of tetrazole rings is 1.